The number of alkyl carbamates (subject to hydrolysis) is 2. The number of hydrogen-bond donors (Lipinski definition) is 3. The highest BCUT2D eigenvalue weighted by molar-refractivity contribution is 5.79. The van der Waals surface area contributed by atoms with Crippen molar-refractivity contribution in [3.63, 3.8) is 0 Å². The van der Waals surface area contributed by atoms with Crippen molar-refractivity contribution in [3.05, 3.63) is 35.9 Å². The maximum Gasteiger partial charge on any atom is 0.408 e. The molecule has 1 aromatic carbocycles. The van der Waals surface area contributed by atoms with Gasteiger partial charge in [-0.05, 0) is 45.6 Å². The number of rotatable bonds is 9. The van der Waals surface area contributed by atoms with E-state index in [0.29, 0.717) is 19.4 Å². The summed E-state index contributed by atoms with van der Waals surface area (Å²) in [5.41, 5.74) is 0.196. The number of aliphatic carboxylic acids is 1. The molecular weight excluding hydrogens is 353 g/mol. The third-order valence-electron chi connectivity index (χ3n) is 3.39. The number of amides is 2. The molecule has 150 valence electrons. The van der Waals surface area contributed by atoms with Gasteiger partial charge in [-0.1, -0.05) is 30.3 Å². The summed E-state index contributed by atoms with van der Waals surface area (Å²) in [6.45, 7) is 5.64. The molecule has 1 atom stereocenters. The Labute approximate surface area is 159 Å². The van der Waals surface area contributed by atoms with E-state index in [2.05, 4.69) is 10.6 Å². The summed E-state index contributed by atoms with van der Waals surface area (Å²) in [5, 5.41) is 14.1. The van der Waals surface area contributed by atoms with E-state index >= 15 is 0 Å². The lowest BCUT2D eigenvalue weighted by Gasteiger charge is -2.22. The average Bonchev–Trinajstić information content (AvgIpc) is 2.57. The zero-order chi connectivity index (χ0) is 20.3. The average molecular weight is 381 g/mol. The summed E-state index contributed by atoms with van der Waals surface area (Å²) < 4.78 is 10.1. The number of carbonyl (C=O) groups excluding carboxylic acids is 2. The zero-order valence-electron chi connectivity index (χ0n) is 16.0. The van der Waals surface area contributed by atoms with E-state index in [1.165, 1.54) is 0 Å². The predicted molar refractivity (Wildman–Crippen MR) is 99.3 cm³/mol. The molecule has 0 aliphatic heterocycles. The van der Waals surface area contributed by atoms with Crippen molar-refractivity contribution in [2.24, 2.45) is 0 Å². The van der Waals surface area contributed by atoms with E-state index in [4.69, 9.17) is 9.47 Å². The number of benzene rings is 1. The fourth-order valence-electron chi connectivity index (χ4n) is 2.15. The SMILES string of the molecule is CC(C)(C)OC(=O)[15NH][C@@H](CCCCNC(=O)OCc1ccccc1)C(=O)O. The minimum atomic E-state index is -1.13. The molecule has 0 unspecified atom stereocenters. The maximum absolute atomic E-state index is 11.7. The third kappa shape index (κ3) is 10.7. The summed E-state index contributed by atoms with van der Waals surface area (Å²) in [5.74, 6) is -1.13. The smallest absolute Gasteiger partial charge is 0.408 e. The van der Waals surface area contributed by atoms with Crippen LogP contribution >= 0.6 is 0 Å². The summed E-state index contributed by atoms with van der Waals surface area (Å²) >= 11 is 0. The van der Waals surface area contributed by atoms with Gasteiger partial charge in [-0.25, -0.2) is 14.4 Å². The second kappa shape index (κ2) is 11.1. The largest absolute Gasteiger partial charge is 0.480 e. The van der Waals surface area contributed by atoms with Crippen LogP contribution in [0.5, 0.6) is 0 Å². The van der Waals surface area contributed by atoms with E-state index in [0.717, 1.165) is 5.56 Å². The highest BCUT2D eigenvalue weighted by Gasteiger charge is 2.23. The molecule has 3 N–H and O–H groups in total. The molecule has 0 aliphatic carbocycles. The fourth-order valence-corrected chi connectivity index (χ4v) is 2.15. The molecule has 0 heterocycles. The van der Waals surface area contributed by atoms with Gasteiger partial charge < -0.3 is 25.2 Å². The van der Waals surface area contributed by atoms with Crippen molar-refractivity contribution in [3.8, 4) is 0 Å². The van der Waals surface area contributed by atoms with Gasteiger partial charge in [0.15, 0.2) is 0 Å². The fraction of sp³-hybridized carbons (Fsp3) is 0.526. The van der Waals surface area contributed by atoms with Crippen LogP contribution in [0.3, 0.4) is 0 Å². The van der Waals surface area contributed by atoms with Crippen molar-refractivity contribution in [2.45, 2.75) is 58.3 Å². The molecule has 0 aromatic heterocycles. The van der Waals surface area contributed by atoms with Crippen molar-refractivity contribution < 1.29 is 29.0 Å². The number of hydrogen-bond acceptors (Lipinski definition) is 5. The highest BCUT2D eigenvalue weighted by Crippen LogP contribution is 2.08. The Morgan fingerprint density at radius 2 is 1.74 bits per heavy atom. The molecule has 27 heavy (non-hydrogen) atoms. The quantitative estimate of drug-likeness (QED) is 0.447. The van der Waals surface area contributed by atoms with E-state index < -0.39 is 29.8 Å². The number of carbonyl (C=O) groups is 3. The number of ether oxygens (including phenoxy) is 2. The van der Waals surface area contributed by atoms with E-state index in [1.807, 2.05) is 30.3 Å². The molecule has 0 saturated heterocycles. The summed E-state index contributed by atoms with van der Waals surface area (Å²) in [7, 11) is 0. The Morgan fingerprint density at radius 3 is 2.33 bits per heavy atom. The maximum atomic E-state index is 11.7. The molecule has 8 nitrogen and oxygen atoms in total. The molecule has 8 heteroatoms. The first-order valence-corrected chi connectivity index (χ1v) is 8.84. The van der Waals surface area contributed by atoms with Crippen molar-refractivity contribution in [1.82, 2.24) is 10.6 Å². The van der Waals surface area contributed by atoms with Crippen LogP contribution in [0.25, 0.3) is 0 Å². The summed E-state index contributed by atoms with van der Waals surface area (Å²) in [6.07, 6.45) is -0.000568. The molecule has 0 radical (unpaired) electrons. The van der Waals surface area contributed by atoms with Crippen molar-refractivity contribution in [1.29, 1.82) is 0 Å². The molecule has 0 aliphatic rings. The van der Waals surface area contributed by atoms with Gasteiger partial charge in [0.05, 0.1) is 0 Å². The highest BCUT2D eigenvalue weighted by atomic mass is 16.6. The second-order valence-corrected chi connectivity index (χ2v) is 7.02. The van der Waals surface area contributed by atoms with Crippen molar-refractivity contribution >= 4 is 18.2 Å². The minimum Gasteiger partial charge on any atom is -0.480 e. The van der Waals surface area contributed by atoms with E-state index in [9.17, 15) is 19.5 Å². The molecule has 0 spiro atoms. The van der Waals surface area contributed by atoms with Crippen molar-refractivity contribution in [2.75, 3.05) is 6.54 Å². The van der Waals surface area contributed by atoms with Crippen LogP contribution in [-0.2, 0) is 20.9 Å². The third-order valence-corrected chi connectivity index (χ3v) is 3.39. The van der Waals surface area contributed by atoms with E-state index in [-0.39, 0.29) is 13.0 Å². The van der Waals surface area contributed by atoms with Crippen LogP contribution < -0.4 is 10.6 Å². The lowest BCUT2D eigenvalue weighted by Crippen LogP contribution is -2.43. The van der Waals surface area contributed by atoms with Gasteiger partial charge in [0.1, 0.15) is 18.2 Å². The number of nitrogens with one attached hydrogen (secondary N) is 2. The molecule has 0 fully saturated rings. The zero-order valence-corrected chi connectivity index (χ0v) is 16.0. The molecule has 1 aromatic rings. The Balaban J connectivity index is 2.21. The molecule has 1 rings (SSSR count). The Morgan fingerprint density at radius 1 is 1.07 bits per heavy atom. The van der Waals surface area contributed by atoms with Gasteiger partial charge in [0.2, 0.25) is 0 Å². The van der Waals surface area contributed by atoms with Gasteiger partial charge in [-0.15, -0.1) is 0 Å². The Hall–Kier alpha value is -2.77. The lowest BCUT2D eigenvalue weighted by atomic mass is 10.1. The monoisotopic (exact) mass is 381 g/mol. The minimum absolute atomic E-state index is 0.188. The first-order valence-electron chi connectivity index (χ1n) is 8.84. The standard InChI is InChI=1S/C19H28N2O6/c1-19(2,3)27-18(25)21-15(16(22)23)11-7-8-12-20-17(24)26-13-14-9-5-4-6-10-14/h4-6,9-10,15H,7-8,11-13H2,1-3H3,(H,20,24)(H,21,25)(H,22,23)/t15-/m0/s1/i21+1. The summed E-state index contributed by atoms with van der Waals surface area (Å²) in [6, 6.07) is 8.28. The van der Waals surface area contributed by atoms with Gasteiger partial charge >= 0.3 is 18.2 Å². The predicted octanol–water partition coefficient (Wildman–Crippen LogP) is 3.06. The Bertz CT molecular complexity index is 612. The van der Waals surface area contributed by atoms with E-state index in [1.54, 1.807) is 20.8 Å². The van der Waals surface area contributed by atoms with Crippen LogP contribution in [0.1, 0.15) is 45.6 Å². The second-order valence-electron chi connectivity index (χ2n) is 7.02. The Kier molecular flexibility index (Phi) is 9.12. The number of carboxylic acids is 1. The molecule has 2 amide bonds. The van der Waals surface area contributed by atoms with Gasteiger partial charge in [-0.3, -0.25) is 0 Å². The van der Waals surface area contributed by atoms with Gasteiger partial charge in [-0.2, -0.15) is 0 Å². The number of carboxylic acid groups (broad SMARTS) is 1. The topological polar surface area (TPSA) is 114 Å². The normalized spacial score (nSPS) is 12.0. The summed E-state index contributed by atoms with van der Waals surface area (Å²) in [4.78, 5) is 34.5. The van der Waals surface area contributed by atoms with Crippen LogP contribution in [0, 0.1) is 0 Å². The van der Waals surface area contributed by atoms with Gasteiger partial charge in [0, 0.05) is 6.54 Å². The van der Waals surface area contributed by atoms with Crippen LogP contribution in [-0.4, -0.2) is 41.4 Å². The number of unbranched alkanes of at least 4 members (excludes halogenated alkanes) is 1. The van der Waals surface area contributed by atoms with Gasteiger partial charge in [0.25, 0.3) is 0 Å². The van der Waals surface area contributed by atoms with Crippen LogP contribution in [0.15, 0.2) is 30.3 Å². The molecule has 0 bridgehead atoms. The first-order chi connectivity index (χ1) is 12.7. The van der Waals surface area contributed by atoms with Crippen LogP contribution in [0.4, 0.5) is 9.59 Å². The molecule has 0 saturated carbocycles. The first kappa shape index (κ1) is 22.3. The molecular formula is C19H28N2O6. The lowest BCUT2D eigenvalue weighted by molar-refractivity contribution is -0.139. The van der Waals surface area contributed by atoms with Crippen LogP contribution in [0.2, 0.25) is 0 Å².